The lowest BCUT2D eigenvalue weighted by Crippen LogP contribution is -2.36. The molecule has 1 atom stereocenters. The Hall–Kier alpha value is -1.02. The van der Waals surface area contributed by atoms with Gasteiger partial charge < -0.3 is 10.1 Å². The van der Waals surface area contributed by atoms with Gasteiger partial charge in [0.05, 0.1) is 7.11 Å². The fourth-order valence-corrected chi connectivity index (χ4v) is 3.61. The molecule has 1 aromatic carbocycles. The third kappa shape index (κ3) is 4.74. The molecule has 0 aromatic heterocycles. The van der Waals surface area contributed by atoms with Crippen molar-refractivity contribution < 1.29 is 4.74 Å². The fraction of sp³-hybridized carbons (Fsp3) is 0.684. The summed E-state index contributed by atoms with van der Waals surface area (Å²) in [5, 5.41) is 3.79. The molecule has 1 fully saturated rings. The van der Waals surface area contributed by atoms with Crippen molar-refractivity contribution >= 4 is 0 Å². The molecule has 1 aliphatic carbocycles. The average molecular weight is 289 g/mol. The van der Waals surface area contributed by atoms with Gasteiger partial charge in [-0.1, -0.05) is 37.5 Å². The topological polar surface area (TPSA) is 21.3 Å². The van der Waals surface area contributed by atoms with Crippen LogP contribution in [0.4, 0.5) is 0 Å². The average Bonchev–Trinajstić information content (AvgIpc) is 3.02. The minimum Gasteiger partial charge on any atom is -0.496 e. The monoisotopic (exact) mass is 289 g/mol. The third-order valence-electron chi connectivity index (χ3n) is 4.79. The van der Waals surface area contributed by atoms with Crippen LogP contribution in [-0.4, -0.2) is 19.7 Å². The molecular formula is C19H31NO. The highest BCUT2D eigenvalue weighted by atomic mass is 16.5. The summed E-state index contributed by atoms with van der Waals surface area (Å²) >= 11 is 0. The van der Waals surface area contributed by atoms with Crippen molar-refractivity contribution in [3.63, 3.8) is 0 Å². The van der Waals surface area contributed by atoms with Crippen molar-refractivity contribution in [3.05, 3.63) is 29.3 Å². The number of rotatable bonds is 8. The molecule has 1 aromatic rings. The van der Waals surface area contributed by atoms with Crippen LogP contribution in [0, 0.1) is 12.8 Å². The lowest BCUT2D eigenvalue weighted by atomic mass is 9.92. The molecule has 0 saturated heterocycles. The van der Waals surface area contributed by atoms with Gasteiger partial charge in [0.15, 0.2) is 0 Å². The first-order valence-corrected chi connectivity index (χ1v) is 8.61. The van der Waals surface area contributed by atoms with Gasteiger partial charge in [0, 0.05) is 6.04 Å². The minimum absolute atomic E-state index is 0.678. The van der Waals surface area contributed by atoms with Gasteiger partial charge in [0.1, 0.15) is 5.75 Å². The molecule has 0 aliphatic heterocycles. The highest BCUT2D eigenvalue weighted by molar-refractivity contribution is 5.37. The zero-order valence-corrected chi connectivity index (χ0v) is 14.0. The van der Waals surface area contributed by atoms with E-state index in [1.807, 2.05) is 0 Å². The lowest BCUT2D eigenvalue weighted by Gasteiger charge is -2.25. The van der Waals surface area contributed by atoms with E-state index in [4.69, 9.17) is 4.74 Å². The molecule has 2 heteroatoms. The molecule has 1 aliphatic rings. The predicted octanol–water partition coefficient (Wildman–Crippen LogP) is 4.49. The van der Waals surface area contributed by atoms with E-state index in [2.05, 4.69) is 37.4 Å². The summed E-state index contributed by atoms with van der Waals surface area (Å²) in [6.07, 6.45) is 9.22. The van der Waals surface area contributed by atoms with Crippen molar-refractivity contribution in [1.82, 2.24) is 5.32 Å². The van der Waals surface area contributed by atoms with Gasteiger partial charge in [0.25, 0.3) is 0 Å². The summed E-state index contributed by atoms with van der Waals surface area (Å²) in [5.74, 6) is 1.92. The van der Waals surface area contributed by atoms with Crippen molar-refractivity contribution in [3.8, 4) is 5.75 Å². The number of benzene rings is 1. The minimum atomic E-state index is 0.678. The smallest absolute Gasteiger partial charge is 0.122 e. The van der Waals surface area contributed by atoms with Gasteiger partial charge in [-0.25, -0.2) is 0 Å². The lowest BCUT2D eigenvalue weighted by molar-refractivity contribution is 0.338. The van der Waals surface area contributed by atoms with Gasteiger partial charge in [-0.3, -0.25) is 0 Å². The van der Waals surface area contributed by atoms with Crippen LogP contribution in [0.1, 0.15) is 56.6 Å². The Bertz CT molecular complexity index is 424. The Morgan fingerprint density at radius 1 is 1.29 bits per heavy atom. The summed E-state index contributed by atoms with van der Waals surface area (Å²) < 4.78 is 5.52. The van der Waals surface area contributed by atoms with E-state index in [1.165, 1.54) is 49.7 Å². The zero-order valence-electron chi connectivity index (χ0n) is 14.0. The highest BCUT2D eigenvalue weighted by Gasteiger charge is 2.24. The molecule has 118 valence electrons. The first-order chi connectivity index (χ1) is 10.2. The molecule has 0 spiro atoms. The van der Waals surface area contributed by atoms with Crippen LogP contribution < -0.4 is 10.1 Å². The molecule has 2 rings (SSSR count). The van der Waals surface area contributed by atoms with Crippen LogP contribution in [0.15, 0.2) is 18.2 Å². The molecule has 0 radical (unpaired) electrons. The van der Waals surface area contributed by atoms with Gasteiger partial charge in [-0.15, -0.1) is 0 Å². The Labute approximate surface area is 130 Å². The van der Waals surface area contributed by atoms with Crippen LogP contribution in [0.5, 0.6) is 5.75 Å². The molecule has 0 heterocycles. The van der Waals surface area contributed by atoms with Gasteiger partial charge in [0.2, 0.25) is 0 Å². The second-order valence-corrected chi connectivity index (χ2v) is 6.46. The Morgan fingerprint density at radius 2 is 2.05 bits per heavy atom. The normalized spacial score (nSPS) is 17.1. The SMILES string of the molecule is CCCNC(CCc1cc(C)ccc1OC)C1CCCC1. The molecule has 21 heavy (non-hydrogen) atoms. The zero-order chi connectivity index (χ0) is 15.1. The quantitative estimate of drug-likeness (QED) is 0.761. The third-order valence-corrected chi connectivity index (χ3v) is 4.79. The number of aryl methyl sites for hydroxylation is 2. The molecule has 2 nitrogen and oxygen atoms in total. The summed E-state index contributed by atoms with van der Waals surface area (Å²) in [4.78, 5) is 0. The van der Waals surface area contributed by atoms with Crippen LogP contribution in [0.2, 0.25) is 0 Å². The molecule has 1 saturated carbocycles. The van der Waals surface area contributed by atoms with Crippen molar-refractivity contribution in [2.24, 2.45) is 5.92 Å². The second-order valence-electron chi connectivity index (χ2n) is 6.46. The summed E-state index contributed by atoms with van der Waals surface area (Å²) in [6, 6.07) is 7.20. The number of hydrogen-bond donors (Lipinski definition) is 1. The van der Waals surface area contributed by atoms with Crippen LogP contribution in [-0.2, 0) is 6.42 Å². The molecule has 0 bridgehead atoms. The largest absolute Gasteiger partial charge is 0.496 e. The molecule has 0 amide bonds. The maximum absolute atomic E-state index is 5.52. The van der Waals surface area contributed by atoms with Crippen molar-refractivity contribution in [2.45, 2.75) is 64.8 Å². The predicted molar refractivity (Wildman–Crippen MR) is 90.1 cm³/mol. The standard InChI is InChI=1S/C19H31NO/c1-4-13-20-18(16-7-5-6-8-16)11-10-17-14-15(2)9-12-19(17)21-3/h9,12,14,16,18,20H,4-8,10-11,13H2,1-3H3. The van der Waals surface area contributed by atoms with E-state index in [1.54, 1.807) is 7.11 Å². The van der Waals surface area contributed by atoms with Gasteiger partial charge >= 0.3 is 0 Å². The Kier molecular flexibility index (Phi) is 6.56. The molecule has 1 N–H and O–H groups in total. The highest BCUT2D eigenvalue weighted by Crippen LogP contribution is 2.30. The van der Waals surface area contributed by atoms with Crippen LogP contribution >= 0.6 is 0 Å². The van der Waals surface area contributed by atoms with E-state index in [9.17, 15) is 0 Å². The first-order valence-electron chi connectivity index (χ1n) is 8.61. The number of ether oxygens (including phenoxy) is 1. The van der Waals surface area contributed by atoms with E-state index in [0.29, 0.717) is 6.04 Å². The van der Waals surface area contributed by atoms with Crippen molar-refractivity contribution in [2.75, 3.05) is 13.7 Å². The number of hydrogen-bond acceptors (Lipinski definition) is 2. The Morgan fingerprint density at radius 3 is 2.71 bits per heavy atom. The van der Waals surface area contributed by atoms with Crippen LogP contribution in [0.3, 0.4) is 0 Å². The Balaban J connectivity index is 1.98. The maximum Gasteiger partial charge on any atom is 0.122 e. The molecular weight excluding hydrogens is 258 g/mol. The summed E-state index contributed by atoms with van der Waals surface area (Å²) in [7, 11) is 1.78. The van der Waals surface area contributed by atoms with E-state index < -0.39 is 0 Å². The summed E-state index contributed by atoms with van der Waals surface area (Å²) in [6.45, 7) is 5.56. The number of methoxy groups -OCH3 is 1. The first kappa shape index (κ1) is 16.4. The fourth-order valence-electron chi connectivity index (χ4n) is 3.61. The van der Waals surface area contributed by atoms with Crippen molar-refractivity contribution in [1.29, 1.82) is 0 Å². The summed E-state index contributed by atoms with van der Waals surface area (Å²) in [5.41, 5.74) is 2.68. The molecule has 1 unspecified atom stereocenters. The van der Waals surface area contributed by atoms with Gasteiger partial charge in [-0.05, 0) is 63.1 Å². The number of nitrogens with one attached hydrogen (secondary N) is 1. The second kappa shape index (κ2) is 8.43. The van der Waals surface area contributed by atoms with E-state index in [0.717, 1.165) is 24.6 Å². The van der Waals surface area contributed by atoms with Crippen LogP contribution in [0.25, 0.3) is 0 Å². The maximum atomic E-state index is 5.52. The van der Waals surface area contributed by atoms with E-state index in [-0.39, 0.29) is 0 Å². The van der Waals surface area contributed by atoms with E-state index >= 15 is 0 Å². The van der Waals surface area contributed by atoms with Gasteiger partial charge in [-0.2, -0.15) is 0 Å².